The molecule has 0 aromatic heterocycles. The second kappa shape index (κ2) is 7.06. The number of ketones is 1. The van der Waals surface area contributed by atoms with Crippen LogP contribution < -0.4 is 10.2 Å². The van der Waals surface area contributed by atoms with Crippen LogP contribution in [0.2, 0.25) is 0 Å². The van der Waals surface area contributed by atoms with Gasteiger partial charge in [-0.25, -0.2) is 0 Å². The summed E-state index contributed by atoms with van der Waals surface area (Å²) < 4.78 is 38.5. The number of hydrogen-bond donors (Lipinski definition) is 1. The van der Waals surface area contributed by atoms with Crippen LogP contribution in [0.5, 0.6) is 0 Å². The highest BCUT2D eigenvalue weighted by molar-refractivity contribution is 6.02. The van der Waals surface area contributed by atoms with E-state index in [9.17, 15) is 22.8 Å². The highest BCUT2D eigenvalue weighted by Gasteiger charge is 2.30. The van der Waals surface area contributed by atoms with Crippen LogP contribution in [0.15, 0.2) is 42.5 Å². The zero-order valence-electron chi connectivity index (χ0n) is 14.9. The molecule has 3 rings (SSSR count). The monoisotopic (exact) mass is 376 g/mol. The first-order valence-electron chi connectivity index (χ1n) is 8.56. The normalized spacial score (nSPS) is 14.6. The number of nitrogens with one attached hydrogen (secondary N) is 1. The van der Waals surface area contributed by atoms with E-state index >= 15 is 0 Å². The number of carbonyl (C=O) groups excluding carboxylic acids is 2. The molecule has 1 aliphatic heterocycles. The first kappa shape index (κ1) is 18.9. The summed E-state index contributed by atoms with van der Waals surface area (Å²) in [7, 11) is 0. The molecule has 1 aliphatic rings. The predicted molar refractivity (Wildman–Crippen MR) is 97.0 cm³/mol. The molecule has 2 aromatic rings. The third-order valence-electron chi connectivity index (χ3n) is 4.61. The summed E-state index contributed by atoms with van der Waals surface area (Å²) in [4.78, 5) is 25.9. The van der Waals surface area contributed by atoms with Crippen LogP contribution in [-0.2, 0) is 17.4 Å². The fourth-order valence-electron chi connectivity index (χ4n) is 3.23. The molecule has 1 heterocycles. The van der Waals surface area contributed by atoms with Crippen molar-refractivity contribution in [2.45, 2.75) is 32.5 Å². The molecule has 1 amide bonds. The number of benzene rings is 2. The fourth-order valence-corrected chi connectivity index (χ4v) is 3.23. The largest absolute Gasteiger partial charge is 0.416 e. The zero-order valence-corrected chi connectivity index (χ0v) is 14.9. The Morgan fingerprint density at radius 2 is 1.89 bits per heavy atom. The number of anilines is 2. The van der Waals surface area contributed by atoms with Gasteiger partial charge < -0.3 is 10.2 Å². The van der Waals surface area contributed by atoms with Gasteiger partial charge in [-0.3, -0.25) is 9.59 Å². The molecular formula is C20H19F3N2O2. The van der Waals surface area contributed by atoms with E-state index in [0.717, 1.165) is 23.4 Å². The minimum atomic E-state index is -4.44. The van der Waals surface area contributed by atoms with Gasteiger partial charge in [-0.15, -0.1) is 0 Å². The van der Waals surface area contributed by atoms with Crippen molar-refractivity contribution in [3.8, 4) is 0 Å². The maximum atomic E-state index is 12.8. The molecule has 7 heteroatoms. The molecule has 142 valence electrons. The van der Waals surface area contributed by atoms with E-state index < -0.39 is 17.8 Å². The van der Waals surface area contributed by atoms with Crippen molar-refractivity contribution in [3.05, 3.63) is 59.2 Å². The van der Waals surface area contributed by atoms with Gasteiger partial charge in [0.05, 0.1) is 11.6 Å². The number of halogens is 3. The maximum Gasteiger partial charge on any atom is 0.416 e. The van der Waals surface area contributed by atoms with Crippen LogP contribution in [0.25, 0.3) is 0 Å². The lowest BCUT2D eigenvalue weighted by Gasteiger charge is -2.17. The Hall–Kier alpha value is -2.83. The van der Waals surface area contributed by atoms with Crippen molar-refractivity contribution in [1.29, 1.82) is 0 Å². The van der Waals surface area contributed by atoms with E-state index in [2.05, 4.69) is 5.32 Å². The van der Waals surface area contributed by atoms with Gasteiger partial charge in [-0.1, -0.05) is 6.07 Å². The SMILES string of the molecule is CC(=O)N1CCc2cc(C(=O)[C@H](C)Nc3cccc(C(F)(F)F)c3)ccc21. The van der Waals surface area contributed by atoms with Crippen molar-refractivity contribution in [1.82, 2.24) is 0 Å². The van der Waals surface area contributed by atoms with Crippen LogP contribution in [0, 0.1) is 0 Å². The molecule has 0 radical (unpaired) electrons. The molecule has 0 bridgehead atoms. The van der Waals surface area contributed by atoms with Gasteiger partial charge in [0, 0.05) is 30.4 Å². The summed E-state index contributed by atoms with van der Waals surface area (Å²) in [5.41, 5.74) is 1.65. The van der Waals surface area contributed by atoms with Crippen LogP contribution in [0.4, 0.5) is 24.5 Å². The Morgan fingerprint density at radius 1 is 1.15 bits per heavy atom. The summed E-state index contributed by atoms with van der Waals surface area (Å²) in [6.45, 7) is 3.69. The molecule has 0 unspecified atom stereocenters. The van der Waals surface area contributed by atoms with E-state index in [0.29, 0.717) is 18.5 Å². The molecule has 0 saturated carbocycles. The average molecular weight is 376 g/mol. The molecule has 1 N–H and O–H groups in total. The Balaban J connectivity index is 1.76. The number of amides is 1. The minimum Gasteiger partial charge on any atom is -0.375 e. The number of rotatable bonds is 4. The molecular weight excluding hydrogens is 357 g/mol. The van der Waals surface area contributed by atoms with Gasteiger partial charge in [-0.05, 0) is 55.3 Å². The molecule has 0 saturated heterocycles. The van der Waals surface area contributed by atoms with Crippen LogP contribution in [0.3, 0.4) is 0 Å². The number of carbonyl (C=O) groups is 2. The third-order valence-corrected chi connectivity index (χ3v) is 4.61. The van der Waals surface area contributed by atoms with E-state index in [1.165, 1.54) is 19.1 Å². The van der Waals surface area contributed by atoms with Gasteiger partial charge in [0.25, 0.3) is 0 Å². The smallest absolute Gasteiger partial charge is 0.375 e. The van der Waals surface area contributed by atoms with Gasteiger partial charge in [-0.2, -0.15) is 13.2 Å². The highest BCUT2D eigenvalue weighted by atomic mass is 19.4. The Bertz CT molecular complexity index is 893. The lowest BCUT2D eigenvalue weighted by Crippen LogP contribution is -2.27. The summed E-state index contributed by atoms with van der Waals surface area (Å²) in [5.74, 6) is -0.274. The Kier molecular flexibility index (Phi) is 4.95. The number of hydrogen-bond acceptors (Lipinski definition) is 3. The standard InChI is InChI=1S/C20H19F3N2O2/c1-12(24-17-5-3-4-16(11-17)20(21,22)23)19(27)15-6-7-18-14(10-15)8-9-25(18)13(2)26/h3-7,10-12,24H,8-9H2,1-2H3/t12-/m0/s1. The fraction of sp³-hybridized carbons (Fsp3) is 0.300. The third kappa shape index (κ3) is 3.97. The number of Topliss-reactive ketones (excluding diaryl/α,β-unsaturated/α-hetero) is 1. The van der Waals surface area contributed by atoms with Crippen LogP contribution >= 0.6 is 0 Å². The van der Waals surface area contributed by atoms with Gasteiger partial charge in [0.15, 0.2) is 5.78 Å². The van der Waals surface area contributed by atoms with E-state index in [4.69, 9.17) is 0 Å². The molecule has 27 heavy (non-hydrogen) atoms. The summed E-state index contributed by atoms with van der Waals surface area (Å²) in [5, 5.41) is 2.83. The van der Waals surface area contributed by atoms with E-state index in [-0.39, 0.29) is 17.4 Å². The lowest BCUT2D eigenvalue weighted by atomic mass is 10.0. The van der Waals surface area contributed by atoms with Crippen LogP contribution in [-0.4, -0.2) is 24.3 Å². The molecule has 0 aliphatic carbocycles. The number of fused-ring (bicyclic) bond motifs is 1. The predicted octanol–water partition coefficient (Wildman–Crippen LogP) is 4.30. The zero-order chi connectivity index (χ0) is 19.8. The first-order chi connectivity index (χ1) is 12.7. The van der Waals surface area contributed by atoms with Crippen molar-refractivity contribution in [2.75, 3.05) is 16.8 Å². The first-order valence-corrected chi connectivity index (χ1v) is 8.56. The highest BCUT2D eigenvalue weighted by Crippen LogP contribution is 2.31. The van der Waals surface area contributed by atoms with Gasteiger partial charge >= 0.3 is 6.18 Å². The van der Waals surface area contributed by atoms with Crippen LogP contribution in [0.1, 0.15) is 35.3 Å². The van der Waals surface area contributed by atoms with E-state index in [1.54, 1.807) is 30.0 Å². The van der Waals surface area contributed by atoms with Crippen molar-refractivity contribution in [3.63, 3.8) is 0 Å². The second-order valence-corrected chi connectivity index (χ2v) is 6.57. The molecule has 1 atom stereocenters. The molecule has 4 nitrogen and oxygen atoms in total. The van der Waals surface area contributed by atoms with Crippen molar-refractivity contribution in [2.24, 2.45) is 0 Å². The molecule has 0 spiro atoms. The van der Waals surface area contributed by atoms with Gasteiger partial charge in [0.2, 0.25) is 5.91 Å². The Morgan fingerprint density at radius 3 is 2.56 bits per heavy atom. The van der Waals surface area contributed by atoms with Gasteiger partial charge in [0.1, 0.15) is 0 Å². The minimum absolute atomic E-state index is 0.0487. The quantitative estimate of drug-likeness (QED) is 0.810. The lowest BCUT2D eigenvalue weighted by molar-refractivity contribution is -0.137. The number of alkyl halides is 3. The molecule has 2 aromatic carbocycles. The summed E-state index contributed by atoms with van der Waals surface area (Å²) >= 11 is 0. The summed E-state index contributed by atoms with van der Waals surface area (Å²) in [6.07, 6.45) is -3.76. The maximum absolute atomic E-state index is 12.8. The second-order valence-electron chi connectivity index (χ2n) is 6.57. The number of nitrogens with zero attached hydrogens (tertiary/aromatic N) is 1. The van der Waals surface area contributed by atoms with Crippen molar-refractivity contribution < 1.29 is 22.8 Å². The topological polar surface area (TPSA) is 49.4 Å². The average Bonchev–Trinajstić information content (AvgIpc) is 3.04. The molecule has 0 fully saturated rings. The van der Waals surface area contributed by atoms with Crippen molar-refractivity contribution >= 4 is 23.1 Å². The Labute approximate surface area is 155 Å². The summed E-state index contributed by atoms with van der Waals surface area (Å²) in [6, 6.07) is 9.21. The van der Waals surface area contributed by atoms with E-state index in [1.807, 2.05) is 0 Å².